The molecule has 1 heterocycles. The zero-order valence-corrected chi connectivity index (χ0v) is 22.7. The lowest BCUT2D eigenvalue weighted by atomic mass is 9.87. The molecule has 0 fully saturated rings. The Balaban J connectivity index is 2.32. The maximum Gasteiger partial charge on any atom is 0.370 e. The molecule has 8 N–H and O–H groups in total. The smallest absolute Gasteiger partial charge is 0.370 e. The molecule has 0 unspecified atom stereocenters. The summed E-state index contributed by atoms with van der Waals surface area (Å²) in [7, 11) is 0. The van der Waals surface area contributed by atoms with E-state index in [2.05, 4.69) is 16.2 Å². The number of hydrogen-bond acceptors (Lipinski definition) is 11. The summed E-state index contributed by atoms with van der Waals surface area (Å²) in [4.78, 5) is 27.6. The second kappa shape index (κ2) is 20.9. The van der Waals surface area contributed by atoms with Crippen LogP contribution in [0.5, 0.6) is 0 Å². The molecule has 15 nitrogen and oxygen atoms in total. The number of carboxylic acid groups (broad SMARTS) is 1. The molecular formula is C25H42N4O11. The van der Waals surface area contributed by atoms with E-state index in [4.69, 9.17) is 46.3 Å². The SMILES string of the molecule is C#CCOCCOCCOCCOCCC(=O)NCCO[C@@H]([C@@H]1OC(C(=O)O)=C[C@H](N=C(N)N)[C@H]1C)[C@H](O)CO. The fraction of sp³-hybridized carbons (Fsp3) is 0.720. The van der Waals surface area contributed by atoms with Crippen molar-refractivity contribution < 1.29 is 53.3 Å². The summed E-state index contributed by atoms with van der Waals surface area (Å²) in [6, 6.07) is -0.755. The lowest BCUT2D eigenvalue weighted by Gasteiger charge is -2.38. The number of ether oxygens (including phenoxy) is 6. The van der Waals surface area contributed by atoms with Gasteiger partial charge in [0.05, 0.1) is 65.5 Å². The average Bonchev–Trinajstić information content (AvgIpc) is 2.92. The molecule has 1 rings (SSSR count). The van der Waals surface area contributed by atoms with E-state index in [0.717, 1.165) is 0 Å². The quantitative estimate of drug-likeness (QED) is 0.0343. The molecule has 0 radical (unpaired) electrons. The molecule has 0 saturated heterocycles. The maximum absolute atomic E-state index is 12.1. The van der Waals surface area contributed by atoms with Crippen LogP contribution in [0.3, 0.4) is 0 Å². The van der Waals surface area contributed by atoms with Crippen LogP contribution >= 0.6 is 0 Å². The number of carbonyl (C=O) groups excluding carboxylic acids is 1. The van der Waals surface area contributed by atoms with Gasteiger partial charge in [-0.1, -0.05) is 12.8 Å². The third-order valence-corrected chi connectivity index (χ3v) is 5.55. The van der Waals surface area contributed by atoms with Crippen LogP contribution in [0.25, 0.3) is 0 Å². The van der Waals surface area contributed by atoms with E-state index in [1.807, 2.05) is 0 Å². The molecule has 0 aromatic carbocycles. The Morgan fingerprint density at radius 2 is 1.70 bits per heavy atom. The highest BCUT2D eigenvalue weighted by atomic mass is 16.6. The molecule has 40 heavy (non-hydrogen) atoms. The first-order valence-corrected chi connectivity index (χ1v) is 12.8. The van der Waals surface area contributed by atoms with E-state index in [9.17, 15) is 24.9 Å². The van der Waals surface area contributed by atoms with Crippen molar-refractivity contribution in [3.8, 4) is 12.3 Å². The van der Waals surface area contributed by atoms with Crippen molar-refractivity contribution in [3.05, 3.63) is 11.8 Å². The standard InChI is InChI=1S/C25H42N4O11/c1-3-6-35-9-11-37-13-14-38-12-10-36-7-4-21(32)28-5-8-39-23(19(31)16-30)22-17(2)18(29-25(26)27)15-20(40-22)24(33)34/h1,15,17-19,22-23,30-31H,4-14,16H2,2H3,(H,28,32)(H,33,34)(H4,26,27,29)/t17-,18+,19-,22-,23-/m1/s1. The van der Waals surface area contributed by atoms with Crippen molar-refractivity contribution in [2.45, 2.75) is 37.7 Å². The van der Waals surface area contributed by atoms with Crippen molar-refractivity contribution in [3.63, 3.8) is 0 Å². The van der Waals surface area contributed by atoms with Gasteiger partial charge in [-0.05, 0) is 6.08 Å². The van der Waals surface area contributed by atoms with Crippen LogP contribution in [0.15, 0.2) is 16.8 Å². The van der Waals surface area contributed by atoms with Gasteiger partial charge in [0.25, 0.3) is 0 Å². The maximum atomic E-state index is 12.1. The molecule has 1 aliphatic heterocycles. The fourth-order valence-corrected chi connectivity index (χ4v) is 3.57. The summed E-state index contributed by atoms with van der Waals surface area (Å²) in [6.45, 7) is 3.85. The van der Waals surface area contributed by atoms with Crippen molar-refractivity contribution >= 4 is 17.8 Å². The Labute approximate surface area is 233 Å². The number of aliphatic imine (C=N–C) groups is 1. The molecule has 0 aromatic heterocycles. The number of aliphatic hydroxyl groups is 2. The van der Waals surface area contributed by atoms with Crippen LogP contribution in [-0.2, 0) is 38.0 Å². The molecule has 0 aromatic rings. The number of aliphatic hydroxyl groups excluding tert-OH is 2. The molecule has 5 atom stereocenters. The second-order valence-corrected chi connectivity index (χ2v) is 8.60. The van der Waals surface area contributed by atoms with Crippen LogP contribution in [0, 0.1) is 18.3 Å². The summed E-state index contributed by atoms with van der Waals surface area (Å²) in [5, 5.41) is 31.9. The van der Waals surface area contributed by atoms with E-state index < -0.39 is 48.6 Å². The molecule has 228 valence electrons. The van der Waals surface area contributed by atoms with Crippen LogP contribution in [0.1, 0.15) is 13.3 Å². The van der Waals surface area contributed by atoms with Gasteiger partial charge in [-0.25, -0.2) is 9.79 Å². The van der Waals surface area contributed by atoms with E-state index in [-0.39, 0.29) is 44.7 Å². The molecule has 0 saturated carbocycles. The predicted molar refractivity (Wildman–Crippen MR) is 142 cm³/mol. The molecule has 0 aliphatic carbocycles. The summed E-state index contributed by atoms with van der Waals surface area (Å²) < 4.78 is 32.3. The van der Waals surface area contributed by atoms with E-state index in [0.29, 0.717) is 39.6 Å². The molecule has 1 aliphatic rings. The van der Waals surface area contributed by atoms with Gasteiger partial charge in [-0.2, -0.15) is 0 Å². The molecule has 0 spiro atoms. The van der Waals surface area contributed by atoms with Gasteiger partial charge in [0.1, 0.15) is 24.9 Å². The molecule has 1 amide bonds. The Hall–Kier alpha value is -2.97. The number of rotatable bonds is 22. The number of nitrogens with two attached hydrogens (primary N) is 2. The zero-order valence-electron chi connectivity index (χ0n) is 22.7. The van der Waals surface area contributed by atoms with Crippen LogP contribution in [-0.4, -0.2) is 130 Å². The number of carbonyl (C=O) groups is 2. The third kappa shape index (κ3) is 14.4. The van der Waals surface area contributed by atoms with E-state index in [1.165, 1.54) is 6.08 Å². The zero-order chi connectivity index (χ0) is 29.8. The number of amides is 1. The highest BCUT2D eigenvalue weighted by molar-refractivity contribution is 5.85. The lowest BCUT2D eigenvalue weighted by Crippen LogP contribution is -2.51. The van der Waals surface area contributed by atoms with Gasteiger partial charge in [-0.3, -0.25) is 4.79 Å². The highest BCUT2D eigenvalue weighted by Crippen LogP contribution is 2.30. The van der Waals surface area contributed by atoms with Crippen molar-refractivity contribution in [2.75, 3.05) is 72.6 Å². The van der Waals surface area contributed by atoms with Gasteiger partial charge in [-0.15, -0.1) is 6.42 Å². The number of guanidine groups is 1. The number of hydrogen-bond donors (Lipinski definition) is 6. The van der Waals surface area contributed by atoms with Gasteiger partial charge >= 0.3 is 5.97 Å². The predicted octanol–water partition coefficient (Wildman–Crippen LogP) is -2.42. The van der Waals surface area contributed by atoms with Gasteiger partial charge in [0, 0.05) is 18.9 Å². The minimum absolute atomic E-state index is 0.0497. The van der Waals surface area contributed by atoms with Crippen LogP contribution in [0.2, 0.25) is 0 Å². The number of carboxylic acids is 1. The minimum Gasteiger partial charge on any atom is -0.480 e. The fourth-order valence-electron chi connectivity index (χ4n) is 3.57. The van der Waals surface area contributed by atoms with Gasteiger partial charge in [0.15, 0.2) is 5.96 Å². The first kappa shape index (κ1) is 35.1. The second-order valence-electron chi connectivity index (χ2n) is 8.60. The number of terminal acetylenes is 1. The first-order valence-electron chi connectivity index (χ1n) is 12.8. The number of aliphatic carboxylic acids is 1. The normalized spacial score (nSPS) is 19.9. The van der Waals surface area contributed by atoms with Crippen molar-refractivity contribution in [2.24, 2.45) is 22.4 Å². The minimum atomic E-state index is -1.40. The van der Waals surface area contributed by atoms with Gasteiger partial charge < -0.3 is 60.5 Å². The van der Waals surface area contributed by atoms with E-state index >= 15 is 0 Å². The number of nitrogens with one attached hydrogen (secondary N) is 1. The lowest BCUT2D eigenvalue weighted by molar-refractivity contribution is -0.155. The van der Waals surface area contributed by atoms with Crippen molar-refractivity contribution in [1.82, 2.24) is 5.32 Å². The van der Waals surface area contributed by atoms with E-state index in [1.54, 1.807) is 6.92 Å². The Bertz CT molecular complexity index is 845. The average molecular weight is 575 g/mol. The molecule has 15 heteroatoms. The Morgan fingerprint density at radius 3 is 2.25 bits per heavy atom. The first-order chi connectivity index (χ1) is 19.2. The molecular weight excluding hydrogens is 532 g/mol. The Kier molecular flexibility index (Phi) is 18.3. The van der Waals surface area contributed by atoms with Crippen LogP contribution in [0.4, 0.5) is 0 Å². The Morgan fingerprint density at radius 1 is 1.10 bits per heavy atom. The summed E-state index contributed by atoms with van der Waals surface area (Å²) >= 11 is 0. The largest absolute Gasteiger partial charge is 0.480 e. The van der Waals surface area contributed by atoms with Gasteiger partial charge in [0.2, 0.25) is 11.7 Å². The summed E-state index contributed by atoms with van der Waals surface area (Å²) in [6.07, 6.45) is 2.90. The third-order valence-electron chi connectivity index (χ3n) is 5.55. The topological polar surface area (TPSA) is 227 Å². The highest BCUT2D eigenvalue weighted by Gasteiger charge is 2.42. The monoisotopic (exact) mass is 574 g/mol. The summed E-state index contributed by atoms with van der Waals surface area (Å²) in [5.74, 6) is -0.444. The van der Waals surface area contributed by atoms with Crippen LogP contribution < -0.4 is 16.8 Å². The number of nitrogens with zero attached hydrogens (tertiary/aromatic N) is 1. The molecule has 0 bridgehead atoms. The summed E-state index contributed by atoms with van der Waals surface area (Å²) in [5.41, 5.74) is 10.9. The van der Waals surface area contributed by atoms with Crippen molar-refractivity contribution in [1.29, 1.82) is 0 Å².